The highest BCUT2D eigenvalue weighted by molar-refractivity contribution is 6.30. The molecule has 0 radical (unpaired) electrons. The summed E-state index contributed by atoms with van der Waals surface area (Å²) < 4.78 is 10.3. The van der Waals surface area contributed by atoms with Gasteiger partial charge in [-0.1, -0.05) is 23.7 Å². The molecule has 7 nitrogen and oxygen atoms in total. The number of carbonyl (C=O) groups is 3. The number of nitrogens with one attached hydrogen (secondary N) is 2. The Morgan fingerprint density at radius 3 is 2.43 bits per heavy atom. The van der Waals surface area contributed by atoms with Crippen LogP contribution in [0, 0.1) is 0 Å². The Morgan fingerprint density at radius 2 is 1.75 bits per heavy atom. The molecular weight excluding hydrogens is 384 g/mol. The molecule has 148 valence electrons. The van der Waals surface area contributed by atoms with Crippen molar-refractivity contribution < 1.29 is 23.9 Å². The molecule has 0 aliphatic heterocycles. The first-order chi connectivity index (χ1) is 13.4. The standard InChI is InChI=1S/C20H21ClN2O5/c1-13(19(25)23-16-5-3-4-6-17(16)27-2)28-18(24)11-12-22-20(26)14-7-9-15(21)10-8-14/h3-10,13H,11-12H2,1-2H3,(H,22,26)(H,23,25)/t13-/m1/s1. The van der Waals surface area contributed by atoms with E-state index in [2.05, 4.69) is 10.6 Å². The summed E-state index contributed by atoms with van der Waals surface area (Å²) >= 11 is 5.77. The molecule has 0 saturated heterocycles. The molecule has 2 N–H and O–H groups in total. The number of carbonyl (C=O) groups excluding carboxylic acids is 3. The number of rotatable bonds is 8. The fourth-order valence-corrected chi connectivity index (χ4v) is 2.40. The van der Waals surface area contributed by atoms with Crippen molar-refractivity contribution >= 4 is 35.1 Å². The van der Waals surface area contributed by atoms with Crippen LogP contribution >= 0.6 is 11.6 Å². The van der Waals surface area contributed by atoms with Gasteiger partial charge in [-0.25, -0.2) is 0 Å². The molecule has 0 fully saturated rings. The molecule has 0 aliphatic carbocycles. The van der Waals surface area contributed by atoms with Gasteiger partial charge in [-0.15, -0.1) is 0 Å². The Labute approximate surface area is 168 Å². The summed E-state index contributed by atoms with van der Waals surface area (Å²) in [5, 5.41) is 5.78. The van der Waals surface area contributed by atoms with Crippen LogP contribution < -0.4 is 15.4 Å². The molecule has 2 amide bonds. The molecule has 0 bridgehead atoms. The van der Waals surface area contributed by atoms with E-state index in [1.165, 1.54) is 14.0 Å². The van der Waals surface area contributed by atoms with Gasteiger partial charge in [0.2, 0.25) is 0 Å². The monoisotopic (exact) mass is 404 g/mol. The molecule has 0 aliphatic rings. The first kappa shape index (κ1) is 21.2. The van der Waals surface area contributed by atoms with Gasteiger partial charge in [-0.3, -0.25) is 14.4 Å². The maximum atomic E-state index is 12.2. The number of para-hydroxylation sites is 2. The van der Waals surface area contributed by atoms with Gasteiger partial charge in [0, 0.05) is 17.1 Å². The summed E-state index contributed by atoms with van der Waals surface area (Å²) in [6, 6.07) is 13.3. The lowest BCUT2D eigenvalue weighted by molar-refractivity contribution is -0.153. The summed E-state index contributed by atoms with van der Waals surface area (Å²) in [6.07, 6.45) is -1.06. The summed E-state index contributed by atoms with van der Waals surface area (Å²) in [6.45, 7) is 1.55. The smallest absolute Gasteiger partial charge is 0.308 e. The predicted molar refractivity (Wildman–Crippen MR) is 106 cm³/mol. The second-order valence-electron chi connectivity index (χ2n) is 5.83. The summed E-state index contributed by atoms with van der Waals surface area (Å²) in [5.41, 5.74) is 0.912. The number of benzene rings is 2. The quantitative estimate of drug-likeness (QED) is 0.659. The molecule has 28 heavy (non-hydrogen) atoms. The lowest BCUT2D eigenvalue weighted by atomic mass is 10.2. The summed E-state index contributed by atoms with van der Waals surface area (Å²) in [7, 11) is 1.49. The normalized spacial score (nSPS) is 11.2. The van der Waals surface area contributed by atoms with Crippen molar-refractivity contribution in [2.45, 2.75) is 19.4 Å². The van der Waals surface area contributed by atoms with Crippen LogP contribution in [0.25, 0.3) is 0 Å². The third-order valence-corrected chi connectivity index (χ3v) is 4.02. The SMILES string of the molecule is COc1ccccc1NC(=O)[C@@H](C)OC(=O)CCNC(=O)c1ccc(Cl)cc1. The molecule has 8 heteroatoms. The second kappa shape index (κ2) is 10.3. The van der Waals surface area contributed by atoms with Gasteiger partial charge in [0.25, 0.3) is 11.8 Å². The van der Waals surface area contributed by atoms with Gasteiger partial charge in [-0.05, 0) is 43.3 Å². The van der Waals surface area contributed by atoms with Gasteiger partial charge < -0.3 is 20.1 Å². The van der Waals surface area contributed by atoms with Crippen LogP contribution in [0.5, 0.6) is 5.75 Å². The van der Waals surface area contributed by atoms with Crippen LogP contribution in [0.2, 0.25) is 5.02 Å². The Hall–Kier alpha value is -3.06. The third-order valence-electron chi connectivity index (χ3n) is 3.76. The summed E-state index contributed by atoms with van der Waals surface area (Å²) in [5.74, 6) is -0.909. The van der Waals surface area contributed by atoms with E-state index < -0.39 is 18.0 Å². The van der Waals surface area contributed by atoms with Crippen LogP contribution in [0.3, 0.4) is 0 Å². The average Bonchev–Trinajstić information content (AvgIpc) is 2.68. The number of ether oxygens (including phenoxy) is 2. The Kier molecular flexibility index (Phi) is 7.83. The lowest BCUT2D eigenvalue weighted by Crippen LogP contribution is -2.32. The van der Waals surface area contributed by atoms with Crippen molar-refractivity contribution in [3.8, 4) is 5.75 Å². The molecule has 2 aromatic rings. The van der Waals surface area contributed by atoms with Crippen molar-refractivity contribution in [1.29, 1.82) is 0 Å². The first-order valence-corrected chi connectivity index (χ1v) is 8.95. The molecule has 0 heterocycles. The van der Waals surface area contributed by atoms with Crippen LogP contribution in [0.4, 0.5) is 5.69 Å². The zero-order valence-corrected chi connectivity index (χ0v) is 16.3. The number of hydrogen-bond acceptors (Lipinski definition) is 5. The highest BCUT2D eigenvalue weighted by Crippen LogP contribution is 2.23. The van der Waals surface area contributed by atoms with Gasteiger partial charge in [0.1, 0.15) is 5.75 Å². The maximum absolute atomic E-state index is 12.2. The van der Waals surface area contributed by atoms with Crippen molar-refractivity contribution in [3.63, 3.8) is 0 Å². The predicted octanol–water partition coefficient (Wildman–Crippen LogP) is 3.04. The topological polar surface area (TPSA) is 93.7 Å². The maximum Gasteiger partial charge on any atom is 0.308 e. The fraction of sp³-hybridized carbons (Fsp3) is 0.250. The van der Waals surface area contributed by atoms with E-state index >= 15 is 0 Å². The van der Waals surface area contributed by atoms with E-state index in [-0.39, 0.29) is 18.9 Å². The molecular formula is C20H21ClN2O5. The lowest BCUT2D eigenvalue weighted by Gasteiger charge is -2.15. The number of methoxy groups -OCH3 is 1. The molecule has 2 aromatic carbocycles. The summed E-state index contributed by atoms with van der Waals surface area (Å²) in [4.78, 5) is 36.0. The molecule has 2 rings (SSSR count). The first-order valence-electron chi connectivity index (χ1n) is 8.58. The van der Waals surface area contributed by atoms with Gasteiger partial charge >= 0.3 is 5.97 Å². The minimum atomic E-state index is -0.996. The van der Waals surface area contributed by atoms with E-state index in [0.717, 1.165) is 0 Å². The van der Waals surface area contributed by atoms with Crippen molar-refractivity contribution in [1.82, 2.24) is 5.32 Å². The van der Waals surface area contributed by atoms with E-state index in [9.17, 15) is 14.4 Å². The van der Waals surface area contributed by atoms with Gasteiger partial charge in [0.05, 0.1) is 19.2 Å². The molecule has 0 unspecified atom stereocenters. The number of hydrogen-bond donors (Lipinski definition) is 2. The Bertz CT molecular complexity index is 839. The largest absolute Gasteiger partial charge is 0.495 e. The average molecular weight is 405 g/mol. The highest BCUT2D eigenvalue weighted by atomic mass is 35.5. The Morgan fingerprint density at radius 1 is 1.07 bits per heavy atom. The molecule has 0 saturated carbocycles. The molecule has 0 aromatic heterocycles. The van der Waals surface area contributed by atoms with E-state index in [0.29, 0.717) is 22.0 Å². The molecule has 1 atom stereocenters. The van der Waals surface area contributed by atoms with Crippen LogP contribution in [-0.2, 0) is 14.3 Å². The van der Waals surface area contributed by atoms with Crippen LogP contribution in [0.1, 0.15) is 23.7 Å². The second-order valence-corrected chi connectivity index (χ2v) is 6.27. The Balaban J connectivity index is 1.76. The van der Waals surface area contributed by atoms with Gasteiger partial charge in [0.15, 0.2) is 6.10 Å². The van der Waals surface area contributed by atoms with Crippen LogP contribution in [0.15, 0.2) is 48.5 Å². The number of amides is 2. The van der Waals surface area contributed by atoms with E-state index in [1.807, 2.05) is 0 Å². The number of halogens is 1. The van der Waals surface area contributed by atoms with E-state index in [4.69, 9.17) is 21.1 Å². The van der Waals surface area contributed by atoms with Crippen molar-refractivity contribution in [2.75, 3.05) is 19.0 Å². The molecule has 0 spiro atoms. The number of anilines is 1. The van der Waals surface area contributed by atoms with E-state index in [1.54, 1.807) is 48.5 Å². The zero-order valence-electron chi connectivity index (χ0n) is 15.5. The van der Waals surface area contributed by atoms with Gasteiger partial charge in [-0.2, -0.15) is 0 Å². The fourth-order valence-electron chi connectivity index (χ4n) is 2.27. The highest BCUT2D eigenvalue weighted by Gasteiger charge is 2.19. The van der Waals surface area contributed by atoms with Crippen molar-refractivity contribution in [3.05, 3.63) is 59.1 Å². The zero-order chi connectivity index (χ0) is 20.5. The third kappa shape index (κ3) is 6.28. The minimum absolute atomic E-state index is 0.0639. The van der Waals surface area contributed by atoms with Crippen LogP contribution in [-0.4, -0.2) is 37.5 Å². The van der Waals surface area contributed by atoms with Crippen molar-refractivity contribution in [2.24, 2.45) is 0 Å². The minimum Gasteiger partial charge on any atom is -0.495 e. The number of esters is 1.